The Morgan fingerprint density at radius 2 is 2.00 bits per heavy atom. The van der Waals surface area contributed by atoms with E-state index in [0.29, 0.717) is 11.4 Å². The van der Waals surface area contributed by atoms with Crippen LogP contribution in [0.1, 0.15) is 23.7 Å². The van der Waals surface area contributed by atoms with Gasteiger partial charge in [0.2, 0.25) is 5.91 Å². The zero-order valence-electron chi connectivity index (χ0n) is 15.8. The van der Waals surface area contributed by atoms with Crippen molar-refractivity contribution in [1.29, 1.82) is 0 Å². The van der Waals surface area contributed by atoms with Crippen molar-refractivity contribution in [3.8, 4) is 16.3 Å². The van der Waals surface area contributed by atoms with Crippen LogP contribution in [0.15, 0.2) is 40.4 Å². The first-order valence-corrected chi connectivity index (χ1v) is 10.5. The number of hydrogen-bond acceptors (Lipinski definition) is 6. The molecule has 8 heteroatoms. The number of hydrazine groups is 1. The third-order valence-corrected chi connectivity index (χ3v) is 5.84. The predicted molar refractivity (Wildman–Crippen MR) is 111 cm³/mol. The monoisotopic (exact) mass is 415 g/mol. The number of aromatic nitrogens is 1. The van der Waals surface area contributed by atoms with Gasteiger partial charge in [-0.1, -0.05) is 12.1 Å². The van der Waals surface area contributed by atoms with Crippen LogP contribution in [0, 0.1) is 13.8 Å². The van der Waals surface area contributed by atoms with Gasteiger partial charge in [0.1, 0.15) is 10.8 Å². The molecule has 2 heterocycles. The molecule has 1 atom stereocenters. The molecule has 1 aromatic carbocycles. The Balaban J connectivity index is 1.48. The summed E-state index contributed by atoms with van der Waals surface area (Å²) >= 11 is 3.09. The molecule has 0 spiro atoms. The number of nitrogens with one attached hydrogen (secondary N) is 2. The second-order valence-electron chi connectivity index (χ2n) is 6.33. The number of carbonyl (C=O) groups excluding carboxylic acids is 2. The van der Waals surface area contributed by atoms with Crippen LogP contribution in [0.5, 0.6) is 5.75 Å². The number of carbonyl (C=O) groups is 2. The van der Waals surface area contributed by atoms with Crippen molar-refractivity contribution in [2.75, 3.05) is 0 Å². The third kappa shape index (κ3) is 4.96. The molecule has 0 fully saturated rings. The Labute approximate surface area is 171 Å². The quantitative estimate of drug-likeness (QED) is 0.602. The van der Waals surface area contributed by atoms with E-state index in [9.17, 15) is 9.59 Å². The van der Waals surface area contributed by atoms with Gasteiger partial charge in [0.25, 0.3) is 5.91 Å². The first kappa shape index (κ1) is 20.0. The van der Waals surface area contributed by atoms with E-state index in [-0.39, 0.29) is 12.3 Å². The molecule has 0 aliphatic carbocycles. The van der Waals surface area contributed by atoms with Crippen LogP contribution in [0.25, 0.3) is 10.6 Å². The summed E-state index contributed by atoms with van der Waals surface area (Å²) in [5.41, 5.74) is 8.60. The van der Waals surface area contributed by atoms with E-state index in [0.717, 1.165) is 21.7 Å². The zero-order valence-corrected chi connectivity index (χ0v) is 17.4. The second-order valence-corrected chi connectivity index (χ2v) is 7.97. The molecule has 28 heavy (non-hydrogen) atoms. The maximum absolute atomic E-state index is 12.2. The van der Waals surface area contributed by atoms with E-state index < -0.39 is 12.0 Å². The molecule has 0 aliphatic rings. The minimum absolute atomic E-state index is 0.0904. The number of ether oxygens (including phenoxy) is 1. The zero-order chi connectivity index (χ0) is 20.1. The molecule has 1 unspecified atom stereocenters. The Morgan fingerprint density at radius 3 is 2.75 bits per heavy atom. The Hall–Kier alpha value is -2.71. The standard InChI is InChI=1S/C20H21N3O3S2/c1-12-5-4-6-17(13(12)2)26-14(3)19(25)23-22-18(24)9-16-11-28-20(21-16)15-7-8-27-10-15/h4-8,10-11,14H,9H2,1-3H3,(H,22,24)(H,23,25). The number of rotatable bonds is 6. The van der Waals surface area contributed by atoms with E-state index in [1.807, 2.05) is 54.3 Å². The van der Waals surface area contributed by atoms with Crippen molar-refractivity contribution in [3.63, 3.8) is 0 Å². The average Bonchev–Trinajstić information content (AvgIpc) is 3.35. The molecule has 146 valence electrons. The lowest BCUT2D eigenvalue weighted by molar-refractivity contribution is -0.132. The van der Waals surface area contributed by atoms with Crippen molar-refractivity contribution in [2.24, 2.45) is 0 Å². The summed E-state index contributed by atoms with van der Waals surface area (Å²) in [6.07, 6.45) is -0.655. The topological polar surface area (TPSA) is 80.3 Å². The van der Waals surface area contributed by atoms with Gasteiger partial charge in [-0.25, -0.2) is 4.98 Å². The fraction of sp³-hybridized carbons (Fsp3) is 0.250. The van der Waals surface area contributed by atoms with Crippen LogP contribution in [-0.4, -0.2) is 22.9 Å². The highest BCUT2D eigenvalue weighted by molar-refractivity contribution is 7.14. The van der Waals surface area contributed by atoms with Gasteiger partial charge in [-0.2, -0.15) is 11.3 Å². The van der Waals surface area contributed by atoms with Crippen molar-refractivity contribution >= 4 is 34.5 Å². The molecule has 3 rings (SSSR count). The number of nitrogens with zero attached hydrogens (tertiary/aromatic N) is 1. The van der Waals surface area contributed by atoms with Crippen LogP contribution in [0.4, 0.5) is 0 Å². The van der Waals surface area contributed by atoms with E-state index in [4.69, 9.17) is 4.74 Å². The molecule has 0 saturated heterocycles. The minimum Gasteiger partial charge on any atom is -0.481 e. The molecule has 0 bridgehead atoms. The Kier molecular flexibility index (Phi) is 6.43. The van der Waals surface area contributed by atoms with Gasteiger partial charge in [-0.15, -0.1) is 11.3 Å². The van der Waals surface area contributed by atoms with Gasteiger partial charge in [0, 0.05) is 16.3 Å². The highest BCUT2D eigenvalue weighted by atomic mass is 32.1. The number of hydrogen-bond donors (Lipinski definition) is 2. The van der Waals surface area contributed by atoms with Gasteiger partial charge in [0.05, 0.1) is 12.1 Å². The fourth-order valence-electron chi connectivity index (χ4n) is 2.44. The Bertz CT molecular complexity index is 967. The number of benzene rings is 1. The van der Waals surface area contributed by atoms with E-state index >= 15 is 0 Å². The minimum atomic E-state index is -0.745. The third-order valence-electron chi connectivity index (χ3n) is 4.21. The molecule has 2 aromatic heterocycles. The maximum Gasteiger partial charge on any atom is 0.279 e. The van der Waals surface area contributed by atoms with Gasteiger partial charge in [-0.05, 0) is 49.4 Å². The summed E-state index contributed by atoms with van der Waals surface area (Å²) in [5.74, 6) is -0.113. The Morgan fingerprint density at radius 1 is 1.18 bits per heavy atom. The summed E-state index contributed by atoms with van der Waals surface area (Å²) < 4.78 is 5.71. The lowest BCUT2D eigenvalue weighted by atomic mass is 10.1. The van der Waals surface area contributed by atoms with Gasteiger partial charge >= 0.3 is 0 Å². The van der Waals surface area contributed by atoms with Crippen molar-refractivity contribution < 1.29 is 14.3 Å². The summed E-state index contributed by atoms with van der Waals surface area (Å²) in [6.45, 7) is 5.56. The smallest absolute Gasteiger partial charge is 0.279 e. The highest BCUT2D eigenvalue weighted by Gasteiger charge is 2.17. The lowest BCUT2D eigenvalue weighted by Crippen LogP contribution is -2.47. The molecule has 0 aliphatic heterocycles. The summed E-state index contributed by atoms with van der Waals surface area (Å²) in [7, 11) is 0. The molecule has 0 radical (unpaired) electrons. The summed E-state index contributed by atoms with van der Waals surface area (Å²) in [6, 6.07) is 7.67. The number of thiophene rings is 1. The fourth-order valence-corrected chi connectivity index (χ4v) is 3.98. The van der Waals surface area contributed by atoms with Crippen molar-refractivity contribution in [1.82, 2.24) is 15.8 Å². The van der Waals surface area contributed by atoms with Gasteiger partial charge < -0.3 is 4.74 Å². The van der Waals surface area contributed by atoms with Crippen LogP contribution in [0.3, 0.4) is 0 Å². The molecule has 0 saturated carbocycles. The molecular weight excluding hydrogens is 394 g/mol. The number of amides is 2. The van der Waals surface area contributed by atoms with Gasteiger partial charge in [-0.3, -0.25) is 20.4 Å². The largest absolute Gasteiger partial charge is 0.481 e. The lowest BCUT2D eigenvalue weighted by Gasteiger charge is -2.17. The summed E-state index contributed by atoms with van der Waals surface area (Å²) in [5, 5.41) is 6.73. The second kappa shape index (κ2) is 8.99. The van der Waals surface area contributed by atoms with Gasteiger partial charge in [0.15, 0.2) is 6.10 Å². The highest BCUT2D eigenvalue weighted by Crippen LogP contribution is 2.25. The maximum atomic E-state index is 12.2. The van der Waals surface area contributed by atoms with Crippen LogP contribution in [-0.2, 0) is 16.0 Å². The first-order chi connectivity index (χ1) is 13.4. The van der Waals surface area contributed by atoms with Crippen LogP contribution in [0.2, 0.25) is 0 Å². The average molecular weight is 416 g/mol. The van der Waals surface area contributed by atoms with Crippen molar-refractivity contribution in [2.45, 2.75) is 33.3 Å². The SMILES string of the molecule is Cc1cccc(OC(C)C(=O)NNC(=O)Cc2csc(-c3ccsc3)n2)c1C. The molecule has 6 nitrogen and oxygen atoms in total. The van der Waals surface area contributed by atoms with Crippen LogP contribution >= 0.6 is 22.7 Å². The summed E-state index contributed by atoms with van der Waals surface area (Å²) in [4.78, 5) is 28.7. The predicted octanol–water partition coefficient (Wildman–Crippen LogP) is 3.65. The van der Waals surface area contributed by atoms with E-state index in [1.54, 1.807) is 18.3 Å². The number of aryl methyl sites for hydroxylation is 1. The van der Waals surface area contributed by atoms with E-state index in [2.05, 4.69) is 15.8 Å². The van der Waals surface area contributed by atoms with Crippen molar-refractivity contribution in [3.05, 3.63) is 57.2 Å². The van der Waals surface area contributed by atoms with E-state index in [1.165, 1.54) is 11.3 Å². The molecule has 2 amide bonds. The van der Waals surface area contributed by atoms with Crippen LogP contribution < -0.4 is 15.6 Å². The normalized spacial score (nSPS) is 11.7. The number of thiazole rings is 1. The first-order valence-electron chi connectivity index (χ1n) is 8.72. The molecular formula is C20H21N3O3S2. The molecule has 3 aromatic rings. The molecule has 2 N–H and O–H groups in total.